The Hall–Kier alpha value is -1.60. The molecule has 2 aliphatic rings. The maximum atomic E-state index is 5.40. The maximum absolute atomic E-state index is 5.40. The van der Waals surface area contributed by atoms with Crippen LogP contribution in [0.25, 0.3) is 11.1 Å². The number of aryl methyl sites for hydroxylation is 1. The third-order valence-electron chi connectivity index (χ3n) is 4.17. The van der Waals surface area contributed by atoms with Gasteiger partial charge in [0, 0.05) is 6.42 Å². The first-order valence-corrected chi connectivity index (χ1v) is 6.64. The summed E-state index contributed by atoms with van der Waals surface area (Å²) in [5.74, 6) is 0. The fraction of sp³-hybridized carbons (Fsp3) is 0.294. The van der Waals surface area contributed by atoms with E-state index in [0.29, 0.717) is 6.10 Å². The molecule has 0 aromatic heterocycles. The Labute approximate surface area is 107 Å². The molecule has 1 aliphatic heterocycles. The molecular weight excluding hydrogens is 220 g/mol. The zero-order valence-electron chi connectivity index (χ0n) is 10.6. The van der Waals surface area contributed by atoms with Gasteiger partial charge in [-0.1, -0.05) is 36.4 Å². The van der Waals surface area contributed by atoms with Crippen molar-refractivity contribution in [2.24, 2.45) is 0 Å². The van der Waals surface area contributed by atoms with E-state index in [1.165, 1.54) is 33.4 Å². The predicted molar refractivity (Wildman–Crippen MR) is 72.9 cm³/mol. The second kappa shape index (κ2) is 3.69. The molecule has 0 radical (unpaired) electrons. The van der Waals surface area contributed by atoms with Crippen molar-refractivity contribution in [1.29, 1.82) is 0 Å². The number of rotatable bonds is 2. The van der Waals surface area contributed by atoms with Crippen molar-refractivity contribution in [3.8, 4) is 11.1 Å². The lowest BCUT2D eigenvalue weighted by molar-refractivity contribution is 0.407. The Morgan fingerprint density at radius 2 is 1.94 bits per heavy atom. The number of benzene rings is 2. The highest BCUT2D eigenvalue weighted by Gasteiger charge is 2.28. The van der Waals surface area contributed by atoms with E-state index in [1.54, 1.807) is 0 Å². The summed E-state index contributed by atoms with van der Waals surface area (Å²) in [6, 6.07) is 13.3. The van der Waals surface area contributed by atoms with Crippen LogP contribution in [-0.2, 0) is 17.6 Å². The molecule has 2 aromatic carbocycles. The van der Waals surface area contributed by atoms with Gasteiger partial charge in [-0.2, -0.15) is 0 Å². The van der Waals surface area contributed by atoms with Crippen molar-refractivity contribution in [3.63, 3.8) is 0 Å². The lowest BCUT2D eigenvalue weighted by Crippen LogP contribution is -2.01. The number of hydrogen-bond acceptors (Lipinski definition) is 1. The smallest absolute Gasteiger partial charge is 0.0850 e. The molecule has 1 atom stereocenters. The highest BCUT2D eigenvalue weighted by Crippen LogP contribution is 2.40. The van der Waals surface area contributed by atoms with Crippen LogP contribution in [0.15, 0.2) is 36.4 Å². The standard InChI is InChI=1S/C17H16O/c1-11-6-7-15-14-5-3-2-4-12(14)8-17(15)16(11)9-13-10-18-13/h2-7,13H,8-10H2,1H3. The molecule has 1 aliphatic carbocycles. The van der Waals surface area contributed by atoms with Gasteiger partial charge in [0.15, 0.2) is 0 Å². The predicted octanol–water partition coefficient (Wildman–Crippen LogP) is 3.51. The summed E-state index contributed by atoms with van der Waals surface area (Å²) in [6.45, 7) is 3.16. The van der Waals surface area contributed by atoms with Gasteiger partial charge in [-0.05, 0) is 46.7 Å². The van der Waals surface area contributed by atoms with Gasteiger partial charge in [-0.3, -0.25) is 0 Å². The number of hydrogen-bond donors (Lipinski definition) is 0. The largest absolute Gasteiger partial charge is 0.373 e. The SMILES string of the molecule is Cc1ccc2c(c1CC1CO1)Cc1ccccc1-2. The Morgan fingerprint density at radius 3 is 2.78 bits per heavy atom. The molecule has 1 saturated heterocycles. The van der Waals surface area contributed by atoms with Gasteiger partial charge >= 0.3 is 0 Å². The van der Waals surface area contributed by atoms with Crippen molar-refractivity contribution >= 4 is 0 Å². The van der Waals surface area contributed by atoms with E-state index in [2.05, 4.69) is 43.3 Å². The normalized spacial score (nSPS) is 19.5. The zero-order chi connectivity index (χ0) is 12.1. The minimum atomic E-state index is 0.471. The summed E-state index contributed by atoms with van der Waals surface area (Å²) < 4.78 is 5.40. The first-order chi connectivity index (χ1) is 8.83. The summed E-state index contributed by atoms with van der Waals surface area (Å²) >= 11 is 0. The second-order valence-corrected chi connectivity index (χ2v) is 5.38. The summed E-state index contributed by atoms with van der Waals surface area (Å²) in [5, 5.41) is 0. The van der Waals surface area contributed by atoms with Crippen molar-refractivity contribution in [2.45, 2.75) is 25.9 Å². The van der Waals surface area contributed by atoms with Crippen LogP contribution in [0.5, 0.6) is 0 Å². The summed E-state index contributed by atoms with van der Waals surface area (Å²) in [4.78, 5) is 0. The van der Waals surface area contributed by atoms with Crippen LogP contribution < -0.4 is 0 Å². The number of ether oxygens (including phenoxy) is 1. The number of fused-ring (bicyclic) bond motifs is 3. The van der Waals surface area contributed by atoms with Crippen LogP contribution >= 0.6 is 0 Å². The third-order valence-corrected chi connectivity index (χ3v) is 4.17. The van der Waals surface area contributed by atoms with E-state index >= 15 is 0 Å². The lowest BCUT2D eigenvalue weighted by Gasteiger charge is -2.11. The summed E-state index contributed by atoms with van der Waals surface area (Å²) in [6.07, 6.45) is 2.65. The number of epoxide rings is 1. The van der Waals surface area contributed by atoms with Crippen LogP contribution in [0, 0.1) is 6.92 Å². The molecule has 0 N–H and O–H groups in total. The molecule has 1 fully saturated rings. The molecule has 1 nitrogen and oxygen atoms in total. The van der Waals surface area contributed by atoms with Crippen molar-refractivity contribution in [3.05, 3.63) is 58.7 Å². The van der Waals surface area contributed by atoms with E-state index in [-0.39, 0.29) is 0 Å². The van der Waals surface area contributed by atoms with Gasteiger partial charge in [0.05, 0.1) is 12.7 Å². The van der Waals surface area contributed by atoms with Crippen LogP contribution in [-0.4, -0.2) is 12.7 Å². The van der Waals surface area contributed by atoms with Gasteiger partial charge in [0.1, 0.15) is 0 Å². The molecule has 0 saturated carbocycles. The molecule has 1 unspecified atom stereocenters. The van der Waals surface area contributed by atoms with Gasteiger partial charge in [-0.15, -0.1) is 0 Å². The molecule has 0 spiro atoms. The van der Waals surface area contributed by atoms with E-state index in [1.807, 2.05) is 0 Å². The van der Waals surface area contributed by atoms with E-state index in [0.717, 1.165) is 19.4 Å². The van der Waals surface area contributed by atoms with Gasteiger partial charge in [-0.25, -0.2) is 0 Å². The zero-order valence-corrected chi connectivity index (χ0v) is 10.6. The van der Waals surface area contributed by atoms with Crippen molar-refractivity contribution in [1.82, 2.24) is 0 Å². The first kappa shape index (κ1) is 10.3. The average Bonchev–Trinajstić information content (AvgIpc) is 3.12. The van der Waals surface area contributed by atoms with E-state index in [9.17, 15) is 0 Å². The first-order valence-electron chi connectivity index (χ1n) is 6.64. The van der Waals surface area contributed by atoms with Crippen molar-refractivity contribution < 1.29 is 4.74 Å². The van der Waals surface area contributed by atoms with E-state index < -0.39 is 0 Å². The van der Waals surface area contributed by atoms with Gasteiger partial charge < -0.3 is 4.74 Å². The molecule has 90 valence electrons. The van der Waals surface area contributed by atoms with Gasteiger partial charge in [0.2, 0.25) is 0 Å². The molecule has 0 amide bonds. The lowest BCUT2D eigenvalue weighted by atomic mass is 9.94. The highest BCUT2D eigenvalue weighted by atomic mass is 16.6. The monoisotopic (exact) mass is 236 g/mol. The molecule has 0 bridgehead atoms. The average molecular weight is 236 g/mol. The second-order valence-electron chi connectivity index (χ2n) is 5.38. The topological polar surface area (TPSA) is 12.5 Å². The maximum Gasteiger partial charge on any atom is 0.0850 e. The Morgan fingerprint density at radius 1 is 1.11 bits per heavy atom. The van der Waals surface area contributed by atoms with Crippen molar-refractivity contribution in [2.75, 3.05) is 6.61 Å². The van der Waals surface area contributed by atoms with Crippen LogP contribution in [0.3, 0.4) is 0 Å². The Balaban J connectivity index is 1.87. The minimum Gasteiger partial charge on any atom is -0.373 e. The van der Waals surface area contributed by atoms with Crippen LogP contribution in [0.4, 0.5) is 0 Å². The van der Waals surface area contributed by atoms with Crippen LogP contribution in [0.2, 0.25) is 0 Å². The quantitative estimate of drug-likeness (QED) is 0.620. The molecule has 18 heavy (non-hydrogen) atoms. The Kier molecular flexibility index (Phi) is 2.12. The Bertz CT molecular complexity index is 624. The third kappa shape index (κ3) is 1.51. The summed E-state index contributed by atoms with van der Waals surface area (Å²) in [7, 11) is 0. The molecule has 1 heterocycles. The minimum absolute atomic E-state index is 0.471. The molecular formula is C17H16O. The van der Waals surface area contributed by atoms with Gasteiger partial charge in [0.25, 0.3) is 0 Å². The molecule has 4 rings (SSSR count). The fourth-order valence-corrected chi connectivity index (χ4v) is 3.09. The highest BCUT2D eigenvalue weighted by molar-refractivity contribution is 5.78. The van der Waals surface area contributed by atoms with E-state index in [4.69, 9.17) is 4.74 Å². The fourth-order valence-electron chi connectivity index (χ4n) is 3.09. The molecule has 2 aromatic rings. The molecule has 1 heteroatoms. The van der Waals surface area contributed by atoms with Crippen LogP contribution in [0.1, 0.15) is 22.3 Å². The summed E-state index contributed by atoms with van der Waals surface area (Å²) in [5.41, 5.74) is 8.79.